The van der Waals surface area contributed by atoms with Crippen molar-refractivity contribution >= 4 is 33.3 Å². The minimum Gasteiger partial charge on any atom is -0.488 e. The van der Waals surface area contributed by atoms with E-state index in [2.05, 4.69) is 15.2 Å². The molecule has 0 spiro atoms. The number of hydrogen-bond acceptors (Lipinski definition) is 8. The largest absolute Gasteiger partial charge is 0.488 e. The molecule has 0 bridgehead atoms. The van der Waals surface area contributed by atoms with E-state index in [4.69, 9.17) is 9.26 Å². The molecule has 3 N–H and O–H groups in total. The summed E-state index contributed by atoms with van der Waals surface area (Å²) in [5, 5.41) is 16.6. The third kappa shape index (κ3) is 7.46. The molecule has 43 heavy (non-hydrogen) atoms. The van der Waals surface area contributed by atoms with Crippen molar-refractivity contribution in [3.63, 3.8) is 0 Å². The monoisotopic (exact) mass is 613 g/mol. The van der Waals surface area contributed by atoms with Crippen molar-refractivity contribution in [2.45, 2.75) is 58.1 Å². The molecule has 3 atom stereocenters. The summed E-state index contributed by atoms with van der Waals surface area (Å²) in [6.07, 6.45) is -0.616. The van der Waals surface area contributed by atoms with Gasteiger partial charge in [-0.05, 0) is 58.0 Å². The maximum Gasteiger partial charge on any atom is 0.321 e. The first-order valence-electron chi connectivity index (χ1n) is 14.0. The lowest BCUT2D eigenvalue weighted by Crippen LogP contribution is -2.48. The summed E-state index contributed by atoms with van der Waals surface area (Å²) in [7, 11) is -2.24. The molecule has 0 unspecified atom stereocenters. The van der Waals surface area contributed by atoms with Crippen LogP contribution in [0.5, 0.6) is 5.75 Å². The van der Waals surface area contributed by atoms with E-state index in [1.54, 1.807) is 63.1 Å². The van der Waals surface area contributed by atoms with Gasteiger partial charge in [0.1, 0.15) is 23.2 Å². The second-order valence-electron chi connectivity index (χ2n) is 11.1. The number of sulfonamides is 1. The number of nitrogens with zero attached hydrogens (tertiary/aromatic N) is 3. The van der Waals surface area contributed by atoms with Gasteiger partial charge in [-0.15, -0.1) is 0 Å². The summed E-state index contributed by atoms with van der Waals surface area (Å²) in [5.74, 6) is 0.419. The topological polar surface area (TPSA) is 154 Å². The molecule has 0 radical (unpaired) electrons. The predicted octanol–water partition coefficient (Wildman–Crippen LogP) is 3.71. The number of anilines is 2. The number of urea groups is 1. The molecule has 0 fully saturated rings. The highest BCUT2D eigenvalue weighted by molar-refractivity contribution is 7.92. The standard InChI is InChI=1S/C30H39N5O7S/c1-18-7-10-25(11-8-18)43(39,40)33-24-9-12-26-23(13-24)14-28(37)35(20(3)17-36)15-19(2)27(41-26)16-34(6)30(38)31-29-21(4)32-42-22(29)5/h7-13,19-20,27,33,36H,14-17H2,1-6H3,(H,31,38)/t19-,20+,27-/m1/s1. The number of amides is 3. The molecule has 0 saturated carbocycles. The fraction of sp³-hybridized carbons (Fsp3) is 0.433. The van der Waals surface area contributed by atoms with Crippen LogP contribution in [-0.2, 0) is 21.2 Å². The van der Waals surface area contributed by atoms with Gasteiger partial charge in [0.05, 0.1) is 30.5 Å². The molecule has 1 aromatic heterocycles. The van der Waals surface area contributed by atoms with Crippen LogP contribution in [0.2, 0.25) is 0 Å². The highest BCUT2D eigenvalue weighted by Crippen LogP contribution is 2.30. The molecule has 13 heteroatoms. The normalized spacial score (nSPS) is 18.0. The number of hydrogen-bond donors (Lipinski definition) is 3. The molecule has 1 aliphatic heterocycles. The summed E-state index contributed by atoms with van der Waals surface area (Å²) >= 11 is 0. The number of aliphatic hydroxyl groups excluding tert-OH is 1. The van der Waals surface area contributed by atoms with E-state index in [1.165, 1.54) is 17.0 Å². The number of ether oxygens (including phenoxy) is 1. The Kier molecular flexibility index (Phi) is 9.65. The number of aryl methyl sites for hydroxylation is 3. The number of rotatable bonds is 8. The summed E-state index contributed by atoms with van der Waals surface area (Å²) in [5.41, 5.74) is 2.74. The predicted molar refractivity (Wildman–Crippen MR) is 162 cm³/mol. The zero-order valence-corrected chi connectivity index (χ0v) is 26.1. The molecule has 4 rings (SSSR count). The van der Waals surface area contributed by atoms with Crippen LogP contribution in [0.25, 0.3) is 0 Å². The summed E-state index contributed by atoms with van der Waals surface area (Å²) in [6.45, 7) is 9.22. The lowest BCUT2D eigenvalue weighted by Gasteiger charge is -2.34. The molecular weight excluding hydrogens is 574 g/mol. The number of likely N-dealkylation sites (N-methyl/N-ethyl adjacent to an activating group) is 1. The quantitative estimate of drug-likeness (QED) is 0.347. The average molecular weight is 614 g/mol. The van der Waals surface area contributed by atoms with Crippen LogP contribution in [-0.4, -0.2) is 79.3 Å². The zero-order valence-electron chi connectivity index (χ0n) is 25.2. The van der Waals surface area contributed by atoms with E-state index < -0.39 is 22.2 Å². The van der Waals surface area contributed by atoms with E-state index in [1.807, 2.05) is 13.8 Å². The fourth-order valence-corrected chi connectivity index (χ4v) is 5.91. The second kappa shape index (κ2) is 13.0. The maximum atomic E-state index is 13.5. The van der Waals surface area contributed by atoms with Crippen LogP contribution in [0, 0.1) is 26.7 Å². The third-order valence-electron chi connectivity index (χ3n) is 7.57. The van der Waals surface area contributed by atoms with E-state index in [0.717, 1.165) is 5.56 Å². The number of aromatic nitrogens is 1. The first kappa shape index (κ1) is 31.8. The molecule has 2 aromatic carbocycles. The van der Waals surface area contributed by atoms with E-state index in [9.17, 15) is 23.1 Å². The number of carbonyl (C=O) groups is 2. The smallest absolute Gasteiger partial charge is 0.321 e. The van der Waals surface area contributed by atoms with Crippen LogP contribution < -0.4 is 14.8 Å². The first-order chi connectivity index (χ1) is 20.3. The Morgan fingerprint density at radius 2 is 1.88 bits per heavy atom. The Morgan fingerprint density at radius 3 is 2.51 bits per heavy atom. The minimum atomic E-state index is -3.88. The van der Waals surface area contributed by atoms with Crippen molar-refractivity contribution in [1.29, 1.82) is 0 Å². The fourth-order valence-electron chi connectivity index (χ4n) is 4.86. The maximum absolute atomic E-state index is 13.5. The minimum absolute atomic E-state index is 0.0679. The van der Waals surface area contributed by atoms with Crippen molar-refractivity contribution in [2.24, 2.45) is 5.92 Å². The van der Waals surface area contributed by atoms with Crippen molar-refractivity contribution < 1.29 is 32.4 Å². The highest BCUT2D eigenvalue weighted by atomic mass is 32.2. The van der Waals surface area contributed by atoms with Gasteiger partial charge in [-0.25, -0.2) is 13.2 Å². The van der Waals surface area contributed by atoms with Gasteiger partial charge in [-0.1, -0.05) is 29.8 Å². The number of nitrogens with one attached hydrogen (secondary N) is 2. The van der Waals surface area contributed by atoms with E-state index in [0.29, 0.717) is 28.5 Å². The molecule has 2 heterocycles. The molecule has 3 aromatic rings. The van der Waals surface area contributed by atoms with Gasteiger partial charge in [0.15, 0.2) is 5.76 Å². The lowest BCUT2D eigenvalue weighted by atomic mass is 10.0. The third-order valence-corrected chi connectivity index (χ3v) is 8.96. The van der Waals surface area contributed by atoms with Crippen molar-refractivity contribution in [3.8, 4) is 5.75 Å². The Balaban J connectivity index is 1.62. The van der Waals surface area contributed by atoms with Crippen LogP contribution >= 0.6 is 0 Å². The molecule has 3 amide bonds. The van der Waals surface area contributed by atoms with Gasteiger partial charge in [0.2, 0.25) is 5.91 Å². The van der Waals surface area contributed by atoms with Crippen molar-refractivity contribution in [3.05, 3.63) is 65.0 Å². The van der Waals surface area contributed by atoms with Crippen LogP contribution in [0.4, 0.5) is 16.2 Å². The number of aliphatic hydroxyl groups is 1. The summed E-state index contributed by atoms with van der Waals surface area (Å²) in [6, 6.07) is 10.4. The SMILES string of the molecule is Cc1ccc(S(=O)(=O)Nc2ccc3c(c2)CC(=O)N([C@@H](C)CO)C[C@@H](C)[C@@H](CN(C)C(=O)Nc2c(C)noc2C)O3)cc1. The van der Waals surface area contributed by atoms with Crippen molar-refractivity contribution in [1.82, 2.24) is 15.0 Å². The van der Waals surface area contributed by atoms with Crippen LogP contribution in [0.3, 0.4) is 0 Å². The Bertz CT molecular complexity index is 1550. The van der Waals surface area contributed by atoms with Gasteiger partial charge >= 0.3 is 6.03 Å². The van der Waals surface area contributed by atoms with Gasteiger partial charge in [0.25, 0.3) is 10.0 Å². The second-order valence-corrected chi connectivity index (χ2v) is 12.8. The molecule has 1 aliphatic rings. The molecule has 0 aliphatic carbocycles. The van der Waals surface area contributed by atoms with E-state index >= 15 is 0 Å². The molecule has 12 nitrogen and oxygen atoms in total. The Morgan fingerprint density at radius 1 is 1.19 bits per heavy atom. The van der Waals surface area contributed by atoms with Crippen LogP contribution in [0.15, 0.2) is 51.9 Å². The first-order valence-corrected chi connectivity index (χ1v) is 15.5. The van der Waals surface area contributed by atoms with Crippen molar-refractivity contribution in [2.75, 3.05) is 36.8 Å². The van der Waals surface area contributed by atoms with Gasteiger partial charge in [-0.3, -0.25) is 9.52 Å². The summed E-state index contributed by atoms with van der Waals surface area (Å²) < 4.78 is 40.3. The average Bonchev–Trinajstić information content (AvgIpc) is 3.29. The van der Waals surface area contributed by atoms with E-state index in [-0.39, 0.29) is 54.6 Å². The number of fused-ring (bicyclic) bond motifs is 1. The summed E-state index contributed by atoms with van der Waals surface area (Å²) in [4.78, 5) is 29.8. The molecular formula is C30H39N5O7S. The van der Waals surface area contributed by atoms with Gasteiger partial charge < -0.3 is 29.5 Å². The number of benzene rings is 2. The Labute approximate surface area is 252 Å². The van der Waals surface area contributed by atoms with Gasteiger partial charge in [-0.2, -0.15) is 0 Å². The highest BCUT2D eigenvalue weighted by Gasteiger charge is 2.32. The Hall–Kier alpha value is -4.10. The van der Waals surface area contributed by atoms with Crippen LogP contribution in [0.1, 0.15) is 36.4 Å². The molecule has 232 valence electrons. The molecule has 0 saturated heterocycles. The van der Waals surface area contributed by atoms with Gasteiger partial charge in [0, 0.05) is 30.8 Å². The number of carbonyl (C=O) groups excluding carboxylic acids is 2. The lowest BCUT2D eigenvalue weighted by molar-refractivity contribution is -0.134. The zero-order chi connectivity index (χ0) is 31.5.